The summed E-state index contributed by atoms with van der Waals surface area (Å²) in [5.74, 6) is -0.190. The molecule has 0 saturated heterocycles. The highest BCUT2D eigenvalue weighted by Gasteiger charge is 2.12. The molecular weight excluding hydrogens is 337 g/mol. The summed E-state index contributed by atoms with van der Waals surface area (Å²) < 4.78 is 14.6. The molecule has 0 radical (unpaired) electrons. The molecule has 20 heavy (non-hydrogen) atoms. The zero-order valence-electron chi connectivity index (χ0n) is 11.5. The van der Waals surface area contributed by atoms with Gasteiger partial charge in [0.25, 0.3) is 0 Å². The van der Waals surface area contributed by atoms with Gasteiger partial charge in [-0.05, 0) is 61.5 Å². The van der Waals surface area contributed by atoms with Crippen LogP contribution >= 0.6 is 27.7 Å². The van der Waals surface area contributed by atoms with E-state index in [9.17, 15) is 4.39 Å². The first kappa shape index (κ1) is 15.5. The maximum atomic E-state index is 13.5. The number of nitrogens with one attached hydrogen (secondary N) is 1. The molecule has 2 aromatic rings. The first-order valence-corrected chi connectivity index (χ1v) is 8.17. The molecule has 0 aliphatic carbocycles. The molecule has 4 heteroatoms. The molecule has 0 saturated carbocycles. The lowest BCUT2D eigenvalue weighted by molar-refractivity contribution is 0.574. The molecule has 1 atom stereocenters. The molecule has 0 aromatic heterocycles. The number of hydrogen-bond acceptors (Lipinski definition) is 2. The van der Waals surface area contributed by atoms with Crippen LogP contribution in [0.15, 0.2) is 56.7 Å². The van der Waals surface area contributed by atoms with Crippen LogP contribution in [0.2, 0.25) is 0 Å². The summed E-state index contributed by atoms with van der Waals surface area (Å²) in [6, 6.07) is 13.3. The van der Waals surface area contributed by atoms with Crippen molar-refractivity contribution in [3.05, 3.63) is 58.3 Å². The van der Waals surface area contributed by atoms with E-state index in [0.29, 0.717) is 0 Å². The first-order chi connectivity index (χ1) is 9.60. The second-order valence-electron chi connectivity index (χ2n) is 4.52. The van der Waals surface area contributed by atoms with Crippen molar-refractivity contribution < 1.29 is 4.39 Å². The summed E-state index contributed by atoms with van der Waals surface area (Å²) in [7, 11) is 0. The van der Waals surface area contributed by atoms with E-state index in [0.717, 1.165) is 26.4 Å². The van der Waals surface area contributed by atoms with Crippen molar-refractivity contribution in [3.63, 3.8) is 0 Å². The third-order valence-corrected chi connectivity index (χ3v) is 4.62. The number of benzene rings is 2. The fourth-order valence-electron chi connectivity index (χ4n) is 2.00. The van der Waals surface area contributed by atoms with Crippen molar-refractivity contribution in [2.75, 3.05) is 6.54 Å². The summed E-state index contributed by atoms with van der Waals surface area (Å²) in [5.41, 5.74) is 1.000. The monoisotopic (exact) mass is 353 g/mol. The van der Waals surface area contributed by atoms with Gasteiger partial charge >= 0.3 is 0 Å². The van der Waals surface area contributed by atoms with Crippen molar-refractivity contribution in [3.8, 4) is 0 Å². The largest absolute Gasteiger partial charge is 0.310 e. The van der Waals surface area contributed by atoms with Crippen LogP contribution < -0.4 is 5.32 Å². The van der Waals surface area contributed by atoms with E-state index < -0.39 is 0 Å². The Balaban J connectivity index is 2.28. The molecule has 0 amide bonds. The molecule has 0 aliphatic heterocycles. The summed E-state index contributed by atoms with van der Waals surface area (Å²) in [6.07, 6.45) is 0. The molecule has 106 valence electrons. The third-order valence-electron chi connectivity index (χ3n) is 2.99. The molecule has 0 fully saturated rings. The Labute approximate surface area is 132 Å². The molecule has 1 N–H and O–H groups in total. The van der Waals surface area contributed by atoms with Gasteiger partial charge in [0.05, 0.1) is 0 Å². The van der Waals surface area contributed by atoms with E-state index in [1.54, 1.807) is 17.8 Å². The van der Waals surface area contributed by atoms with Gasteiger partial charge < -0.3 is 5.32 Å². The zero-order chi connectivity index (χ0) is 14.5. The van der Waals surface area contributed by atoms with Crippen LogP contribution in [0.4, 0.5) is 4.39 Å². The van der Waals surface area contributed by atoms with E-state index in [1.807, 2.05) is 18.2 Å². The molecule has 0 aliphatic rings. The lowest BCUT2D eigenvalue weighted by Gasteiger charge is -2.17. The van der Waals surface area contributed by atoms with Crippen LogP contribution in [0, 0.1) is 5.82 Å². The smallest absolute Gasteiger partial charge is 0.123 e. The van der Waals surface area contributed by atoms with Crippen LogP contribution in [0.1, 0.15) is 25.5 Å². The lowest BCUT2D eigenvalue weighted by atomic mass is 10.1. The standard InChI is InChI=1S/C16H17BrFNS/c1-3-19-11(2)15-10-13(18)6-9-16(15)20-14-7-4-12(17)5-8-14/h4-11,19H,3H2,1-2H3. The van der Waals surface area contributed by atoms with E-state index >= 15 is 0 Å². The topological polar surface area (TPSA) is 12.0 Å². The van der Waals surface area contributed by atoms with Gasteiger partial charge in [0.2, 0.25) is 0 Å². The summed E-state index contributed by atoms with van der Waals surface area (Å²) in [6.45, 7) is 4.97. The molecule has 1 nitrogen and oxygen atoms in total. The average molecular weight is 354 g/mol. The predicted octanol–water partition coefficient (Wildman–Crippen LogP) is 5.41. The molecule has 2 aromatic carbocycles. The van der Waals surface area contributed by atoms with Gasteiger partial charge in [-0.25, -0.2) is 4.39 Å². The minimum Gasteiger partial charge on any atom is -0.310 e. The minimum atomic E-state index is -0.190. The SMILES string of the molecule is CCNC(C)c1cc(F)ccc1Sc1ccc(Br)cc1. The van der Waals surface area contributed by atoms with Crippen LogP contribution in [0.5, 0.6) is 0 Å². The molecule has 0 heterocycles. The highest BCUT2D eigenvalue weighted by atomic mass is 79.9. The quantitative estimate of drug-likeness (QED) is 0.771. The Morgan fingerprint density at radius 1 is 1.20 bits per heavy atom. The van der Waals surface area contributed by atoms with Crippen LogP contribution in [0.3, 0.4) is 0 Å². The second-order valence-corrected chi connectivity index (χ2v) is 6.55. The zero-order valence-corrected chi connectivity index (χ0v) is 13.9. The Kier molecular flexibility index (Phi) is 5.64. The Hall–Kier alpha value is -0.840. The van der Waals surface area contributed by atoms with Gasteiger partial charge in [-0.3, -0.25) is 0 Å². The third kappa shape index (κ3) is 4.08. The summed E-state index contributed by atoms with van der Waals surface area (Å²) in [5, 5.41) is 3.34. The van der Waals surface area contributed by atoms with E-state index in [4.69, 9.17) is 0 Å². The summed E-state index contributed by atoms with van der Waals surface area (Å²) >= 11 is 5.09. The number of hydrogen-bond donors (Lipinski definition) is 1. The van der Waals surface area contributed by atoms with Gasteiger partial charge in [-0.2, -0.15) is 0 Å². The fraction of sp³-hybridized carbons (Fsp3) is 0.250. The normalized spacial score (nSPS) is 12.4. The maximum absolute atomic E-state index is 13.5. The van der Waals surface area contributed by atoms with Crippen LogP contribution in [-0.2, 0) is 0 Å². The van der Waals surface area contributed by atoms with E-state index in [1.165, 1.54) is 6.07 Å². The average Bonchev–Trinajstić information content (AvgIpc) is 2.43. The van der Waals surface area contributed by atoms with Gasteiger partial charge in [0.1, 0.15) is 5.82 Å². The molecule has 0 bridgehead atoms. The fourth-order valence-corrected chi connectivity index (χ4v) is 3.28. The number of halogens is 2. The van der Waals surface area contributed by atoms with Crippen molar-refractivity contribution in [1.82, 2.24) is 5.32 Å². The Bertz CT molecular complexity index is 571. The maximum Gasteiger partial charge on any atom is 0.123 e. The molecular formula is C16H17BrFNS. The van der Waals surface area contributed by atoms with Crippen molar-refractivity contribution in [2.45, 2.75) is 29.7 Å². The minimum absolute atomic E-state index is 0.133. The number of rotatable bonds is 5. The molecule has 2 rings (SSSR count). The second kappa shape index (κ2) is 7.25. The predicted molar refractivity (Wildman–Crippen MR) is 86.8 cm³/mol. The van der Waals surface area contributed by atoms with Crippen molar-refractivity contribution in [1.29, 1.82) is 0 Å². The lowest BCUT2D eigenvalue weighted by Crippen LogP contribution is -2.18. The van der Waals surface area contributed by atoms with Crippen molar-refractivity contribution >= 4 is 27.7 Å². The van der Waals surface area contributed by atoms with E-state index in [2.05, 4.69) is 47.2 Å². The van der Waals surface area contributed by atoms with Gasteiger partial charge in [-0.1, -0.05) is 34.6 Å². The van der Waals surface area contributed by atoms with Gasteiger partial charge in [-0.15, -0.1) is 0 Å². The van der Waals surface area contributed by atoms with Crippen molar-refractivity contribution in [2.24, 2.45) is 0 Å². The highest BCUT2D eigenvalue weighted by Crippen LogP contribution is 2.34. The van der Waals surface area contributed by atoms with E-state index in [-0.39, 0.29) is 11.9 Å². The Morgan fingerprint density at radius 3 is 2.55 bits per heavy atom. The van der Waals surface area contributed by atoms with Crippen LogP contribution in [0.25, 0.3) is 0 Å². The van der Waals surface area contributed by atoms with Gasteiger partial charge in [0, 0.05) is 20.3 Å². The molecule has 1 unspecified atom stereocenters. The summed E-state index contributed by atoms with van der Waals surface area (Å²) in [4.78, 5) is 2.23. The van der Waals surface area contributed by atoms with Gasteiger partial charge in [0.15, 0.2) is 0 Å². The molecule has 0 spiro atoms. The van der Waals surface area contributed by atoms with Crippen LogP contribution in [-0.4, -0.2) is 6.54 Å². The Morgan fingerprint density at radius 2 is 1.90 bits per heavy atom. The first-order valence-electron chi connectivity index (χ1n) is 6.56. The highest BCUT2D eigenvalue weighted by molar-refractivity contribution is 9.10.